The van der Waals surface area contributed by atoms with Gasteiger partial charge in [0.05, 0.1) is 4.90 Å². The number of amides is 1. The molecule has 2 N–H and O–H groups in total. The van der Waals surface area contributed by atoms with Crippen LogP contribution in [0.4, 0.5) is 11.4 Å². The lowest BCUT2D eigenvalue weighted by atomic mass is 10.1. The zero-order valence-electron chi connectivity index (χ0n) is 16.6. The molecule has 1 saturated heterocycles. The Hall–Kier alpha value is -2.38. The van der Waals surface area contributed by atoms with E-state index in [-0.39, 0.29) is 10.8 Å². The Morgan fingerprint density at radius 1 is 0.931 bits per heavy atom. The maximum atomic E-state index is 12.6. The Bertz CT molecular complexity index is 996. The average molecular weight is 414 g/mol. The summed E-state index contributed by atoms with van der Waals surface area (Å²) in [6.07, 6.45) is 5.23. The summed E-state index contributed by atoms with van der Waals surface area (Å²) in [7, 11) is -3.44. The molecular formula is C22H27N3O3S. The monoisotopic (exact) mass is 413 g/mol. The predicted molar refractivity (Wildman–Crippen MR) is 115 cm³/mol. The summed E-state index contributed by atoms with van der Waals surface area (Å²) in [4.78, 5) is 12.8. The van der Waals surface area contributed by atoms with Crippen LogP contribution in [0.15, 0.2) is 47.4 Å². The molecule has 0 radical (unpaired) electrons. The van der Waals surface area contributed by atoms with E-state index < -0.39 is 16.1 Å². The van der Waals surface area contributed by atoms with Crippen molar-refractivity contribution in [2.75, 3.05) is 23.7 Å². The third kappa shape index (κ3) is 4.31. The molecule has 29 heavy (non-hydrogen) atoms. The number of nitrogens with one attached hydrogen (secondary N) is 2. The number of rotatable bonds is 6. The summed E-state index contributed by atoms with van der Waals surface area (Å²) < 4.78 is 26.7. The molecule has 4 rings (SSSR count). The first-order chi connectivity index (χ1) is 13.9. The van der Waals surface area contributed by atoms with E-state index in [1.165, 1.54) is 21.9 Å². The number of hydrogen-bond acceptors (Lipinski definition) is 4. The van der Waals surface area contributed by atoms with Crippen molar-refractivity contribution in [2.45, 2.75) is 50.0 Å². The topological polar surface area (TPSA) is 78.5 Å². The molecular weight excluding hydrogens is 386 g/mol. The highest BCUT2D eigenvalue weighted by Crippen LogP contribution is 2.25. The minimum absolute atomic E-state index is 0.166. The highest BCUT2D eigenvalue weighted by atomic mass is 32.2. The summed E-state index contributed by atoms with van der Waals surface area (Å²) in [6, 6.07) is 12.3. The third-order valence-electron chi connectivity index (χ3n) is 5.70. The Kier molecular flexibility index (Phi) is 5.61. The zero-order valence-corrected chi connectivity index (χ0v) is 17.5. The van der Waals surface area contributed by atoms with Crippen LogP contribution in [-0.4, -0.2) is 37.8 Å². The molecule has 2 aromatic carbocycles. The molecule has 0 aromatic heterocycles. The third-order valence-corrected chi connectivity index (χ3v) is 7.61. The molecule has 1 unspecified atom stereocenters. The molecule has 1 fully saturated rings. The van der Waals surface area contributed by atoms with E-state index >= 15 is 0 Å². The first-order valence-corrected chi connectivity index (χ1v) is 11.7. The van der Waals surface area contributed by atoms with Gasteiger partial charge in [0.25, 0.3) is 0 Å². The van der Waals surface area contributed by atoms with Crippen molar-refractivity contribution in [1.29, 1.82) is 0 Å². The van der Waals surface area contributed by atoms with E-state index in [0.717, 1.165) is 31.4 Å². The Morgan fingerprint density at radius 3 is 2.31 bits per heavy atom. The number of carbonyl (C=O) groups is 1. The minimum atomic E-state index is -3.44. The van der Waals surface area contributed by atoms with Crippen molar-refractivity contribution in [1.82, 2.24) is 4.31 Å². The van der Waals surface area contributed by atoms with Crippen molar-refractivity contribution in [2.24, 2.45) is 0 Å². The largest absolute Gasteiger partial charge is 0.374 e. The van der Waals surface area contributed by atoms with Gasteiger partial charge in [-0.25, -0.2) is 8.42 Å². The lowest BCUT2D eigenvalue weighted by molar-refractivity contribution is -0.116. The van der Waals surface area contributed by atoms with Crippen molar-refractivity contribution in [3.05, 3.63) is 53.6 Å². The normalized spacial score (nSPS) is 17.7. The summed E-state index contributed by atoms with van der Waals surface area (Å²) in [6.45, 7) is 2.97. The molecule has 1 atom stereocenters. The molecule has 6 nitrogen and oxygen atoms in total. The fourth-order valence-corrected chi connectivity index (χ4v) is 5.53. The molecule has 1 aliphatic carbocycles. The lowest BCUT2D eigenvalue weighted by Gasteiger charge is -2.17. The highest BCUT2D eigenvalue weighted by molar-refractivity contribution is 7.89. The van der Waals surface area contributed by atoms with Gasteiger partial charge in [0, 0.05) is 24.5 Å². The quantitative estimate of drug-likeness (QED) is 0.761. The van der Waals surface area contributed by atoms with Crippen LogP contribution in [0, 0.1) is 0 Å². The van der Waals surface area contributed by atoms with Crippen LogP contribution in [-0.2, 0) is 27.7 Å². The first kappa shape index (κ1) is 19.9. The van der Waals surface area contributed by atoms with Gasteiger partial charge in [0.15, 0.2) is 0 Å². The number of nitrogens with zero attached hydrogens (tertiary/aromatic N) is 1. The summed E-state index contributed by atoms with van der Waals surface area (Å²) in [5, 5.41) is 6.10. The lowest BCUT2D eigenvalue weighted by Crippen LogP contribution is -2.32. The van der Waals surface area contributed by atoms with Crippen molar-refractivity contribution in [3.8, 4) is 0 Å². The fourth-order valence-electron chi connectivity index (χ4n) is 4.02. The molecule has 1 aliphatic heterocycles. The first-order valence-electron chi connectivity index (χ1n) is 10.2. The maximum absolute atomic E-state index is 12.6. The molecule has 2 aliphatic rings. The van der Waals surface area contributed by atoms with Gasteiger partial charge in [-0.1, -0.05) is 6.07 Å². The second kappa shape index (κ2) is 8.16. The fraction of sp³-hybridized carbons (Fsp3) is 0.409. The molecule has 0 bridgehead atoms. The summed E-state index contributed by atoms with van der Waals surface area (Å²) >= 11 is 0. The van der Waals surface area contributed by atoms with Gasteiger partial charge in [0.1, 0.15) is 6.04 Å². The molecule has 0 saturated carbocycles. The number of hydrogen-bond donors (Lipinski definition) is 2. The minimum Gasteiger partial charge on any atom is -0.374 e. The van der Waals surface area contributed by atoms with E-state index in [9.17, 15) is 13.2 Å². The standard InChI is InChI=1S/C22H27N3O3S/c1-16(23-20-8-7-17-5-4-6-18(17)15-20)22(26)24-19-9-11-21(12-10-19)29(27,28)25-13-2-3-14-25/h7-12,15-16,23H,2-6,13-14H2,1H3,(H,24,26). The number of carbonyl (C=O) groups excluding carboxylic acids is 1. The van der Waals surface area contributed by atoms with Crippen LogP contribution in [0.3, 0.4) is 0 Å². The molecule has 154 valence electrons. The Morgan fingerprint density at radius 2 is 1.59 bits per heavy atom. The van der Waals surface area contributed by atoms with Crippen LogP contribution in [0.2, 0.25) is 0 Å². The average Bonchev–Trinajstić information content (AvgIpc) is 3.40. The molecule has 1 heterocycles. The van der Waals surface area contributed by atoms with Crippen molar-refractivity contribution >= 4 is 27.3 Å². The Balaban J connectivity index is 1.37. The molecule has 1 amide bonds. The number of fused-ring (bicyclic) bond motifs is 1. The summed E-state index contributed by atoms with van der Waals surface area (Å²) in [5.41, 5.74) is 4.28. The van der Waals surface area contributed by atoms with E-state index in [0.29, 0.717) is 18.8 Å². The second-order valence-corrected chi connectivity index (χ2v) is 9.77. The van der Waals surface area contributed by atoms with Gasteiger partial charge >= 0.3 is 0 Å². The summed E-state index contributed by atoms with van der Waals surface area (Å²) in [5.74, 6) is -0.166. The van der Waals surface area contributed by atoms with Crippen LogP contribution in [0.1, 0.15) is 37.3 Å². The number of anilines is 2. The predicted octanol–water partition coefficient (Wildman–Crippen LogP) is 3.40. The SMILES string of the molecule is CC(Nc1ccc2c(c1)CCC2)C(=O)Nc1ccc(S(=O)(=O)N2CCCC2)cc1. The smallest absolute Gasteiger partial charge is 0.246 e. The highest BCUT2D eigenvalue weighted by Gasteiger charge is 2.27. The van der Waals surface area contributed by atoms with E-state index in [2.05, 4.69) is 22.8 Å². The van der Waals surface area contributed by atoms with Crippen LogP contribution in [0.25, 0.3) is 0 Å². The molecule has 2 aromatic rings. The van der Waals surface area contributed by atoms with E-state index in [1.54, 1.807) is 24.3 Å². The van der Waals surface area contributed by atoms with Crippen molar-refractivity contribution in [3.63, 3.8) is 0 Å². The van der Waals surface area contributed by atoms with Crippen LogP contribution >= 0.6 is 0 Å². The Labute approximate surface area is 172 Å². The number of aryl methyl sites for hydroxylation is 2. The second-order valence-electron chi connectivity index (χ2n) is 7.83. The van der Waals surface area contributed by atoms with Gasteiger partial charge < -0.3 is 10.6 Å². The number of benzene rings is 2. The maximum Gasteiger partial charge on any atom is 0.246 e. The zero-order chi connectivity index (χ0) is 20.4. The van der Waals surface area contributed by atoms with Crippen LogP contribution in [0.5, 0.6) is 0 Å². The van der Waals surface area contributed by atoms with Gasteiger partial charge in [-0.15, -0.1) is 0 Å². The van der Waals surface area contributed by atoms with E-state index in [1.807, 2.05) is 13.0 Å². The molecule has 7 heteroatoms. The van der Waals surface area contributed by atoms with Gasteiger partial charge in [-0.05, 0) is 86.6 Å². The van der Waals surface area contributed by atoms with Crippen LogP contribution < -0.4 is 10.6 Å². The van der Waals surface area contributed by atoms with Gasteiger partial charge in [-0.3, -0.25) is 4.79 Å². The van der Waals surface area contributed by atoms with Gasteiger partial charge in [0.2, 0.25) is 15.9 Å². The van der Waals surface area contributed by atoms with Crippen molar-refractivity contribution < 1.29 is 13.2 Å². The van der Waals surface area contributed by atoms with Gasteiger partial charge in [-0.2, -0.15) is 4.31 Å². The number of sulfonamides is 1. The van der Waals surface area contributed by atoms with E-state index in [4.69, 9.17) is 0 Å². The molecule has 0 spiro atoms.